The van der Waals surface area contributed by atoms with Crippen LogP contribution in [0, 0.1) is 6.92 Å². The van der Waals surface area contributed by atoms with Crippen LogP contribution in [-0.4, -0.2) is 15.2 Å². The van der Waals surface area contributed by atoms with Gasteiger partial charge in [-0.25, -0.2) is 4.98 Å². The minimum Gasteiger partial charge on any atom is -0.322 e. The van der Waals surface area contributed by atoms with E-state index in [2.05, 4.69) is 15.2 Å². The standard InChI is InChI=1S/C11H14N4/c1-7-5-3-4-6-9(7)11-13-10(8(2)12)14-15-11/h3-6,8H,12H2,1-2H3,(H,13,14,15)/t8-/m1/s1. The average molecular weight is 202 g/mol. The van der Waals surface area contributed by atoms with Crippen LogP contribution in [0.15, 0.2) is 24.3 Å². The highest BCUT2D eigenvalue weighted by molar-refractivity contribution is 5.59. The van der Waals surface area contributed by atoms with Gasteiger partial charge in [-0.1, -0.05) is 24.3 Å². The fourth-order valence-electron chi connectivity index (χ4n) is 1.42. The summed E-state index contributed by atoms with van der Waals surface area (Å²) in [7, 11) is 0. The Hall–Kier alpha value is -1.68. The van der Waals surface area contributed by atoms with Crippen molar-refractivity contribution in [1.82, 2.24) is 15.2 Å². The predicted octanol–water partition coefficient (Wildman–Crippen LogP) is 1.80. The highest BCUT2D eigenvalue weighted by Gasteiger charge is 2.09. The van der Waals surface area contributed by atoms with Crippen molar-refractivity contribution in [3.63, 3.8) is 0 Å². The number of hydrogen-bond donors (Lipinski definition) is 2. The van der Waals surface area contributed by atoms with Gasteiger partial charge < -0.3 is 5.73 Å². The summed E-state index contributed by atoms with van der Waals surface area (Å²) in [6.07, 6.45) is 0. The summed E-state index contributed by atoms with van der Waals surface area (Å²) >= 11 is 0. The van der Waals surface area contributed by atoms with Crippen LogP contribution in [0.3, 0.4) is 0 Å². The van der Waals surface area contributed by atoms with Gasteiger partial charge in [-0.3, -0.25) is 5.10 Å². The number of benzene rings is 1. The van der Waals surface area contributed by atoms with Crippen LogP contribution in [0.2, 0.25) is 0 Å². The molecule has 2 rings (SSSR count). The molecule has 0 aliphatic carbocycles. The Kier molecular flexibility index (Phi) is 2.51. The summed E-state index contributed by atoms with van der Waals surface area (Å²) in [5.74, 6) is 1.42. The molecule has 0 unspecified atom stereocenters. The number of hydrogen-bond acceptors (Lipinski definition) is 3. The van der Waals surface area contributed by atoms with E-state index in [9.17, 15) is 0 Å². The molecule has 15 heavy (non-hydrogen) atoms. The normalized spacial score (nSPS) is 12.7. The molecule has 0 spiro atoms. The van der Waals surface area contributed by atoms with E-state index in [1.54, 1.807) is 0 Å². The molecule has 1 atom stereocenters. The van der Waals surface area contributed by atoms with E-state index in [4.69, 9.17) is 5.73 Å². The summed E-state index contributed by atoms with van der Waals surface area (Å²) in [5, 5.41) is 7.00. The van der Waals surface area contributed by atoms with E-state index < -0.39 is 0 Å². The molecule has 1 aromatic heterocycles. The third kappa shape index (κ3) is 1.89. The number of nitrogens with two attached hydrogens (primary N) is 1. The summed E-state index contributed by atoms with van der Waals surface area (Å²) in [5.41, 5.74) is 7.91. The molecule has 1 aromatic carbocycles. The van der Waals surface area contributed by atoms with Crippen molar-refractivity contribution in [3.8, 4) is 11.4 Å². The Morgan fingerprint density at radius 1 is 1.33 bits per heavy atom. The van der Waals surface area contributed by atoms with Crippen molar-refractivity contribution < 1.29 is 0 Å². The molecule has 0 saturated carbocycles. The van der Waals surface area contributed by atoms with Gasteiger partial charge in [0, 0.05) is 5.56 Å². The molecule has 4 heteroatoms. The van der Waals surface area contributed by atoms with Gasteiger partial charge in [0.05, 0.1) is 6.04 Å². The fourth-order valence-corrected chi connectivity index (χ4v) is 1.42. The van der Waals surface area contributed by atoms with Crippen LogP contribution in [-0.2, 0) is 0 Å². The van der Waals surface area contributed by atoms with Gasteiger partial charge in [-0.05, 0) is 19.4 Å². The molecule has 0 aliphatic heterocycles. The molecule has 0 aliphatic rings. The first kappa shape index (κ1) is 9.86. The quantitative estimate of drug-likeness (QED) is 0.780. The van der Waals surface area contributed by atoms with Crippen molar-refractivity contribution in [2.24, 2.45) is 5.73 Å². The molecule has 0 radical (unpaired) electrons. The van der Waals surface area contributed by atoms with Crippen LogP contribution in [0.25, 0.3) is 11.4 Å². The third-order valence-electron chi connectivity index (χ3n) is 2.32. The highest BCUT2D eigenvalue weighted by Crippen LogP contribution is 2.19. The summed E-state index contributed by atoms with van der Waals surface area (Å²) < 4.78 is 0. The van der Waals surface area contributed by atoms with E-state index in [0.29, 0.717) is 11.6 Å². The van der Waals surface area contributed by atoms with Crippen LogP contribution >= 0.6 is 0 Å². The van der Waals surface area contributed by atoms with Gasteiger partial charge >= 0.3 is 0 Å². The second-order valence-corrected chi connectivity index (χ2v) is 3.65. The van der Waals surface area contributed by atoms with Crippen LogP contribution in [0.4, 0.5) is 0 Å². The zero-order valence-electron chi connectivity index (χ0n) is 8.86. The van der Waals surface area contributed by atoms with Crippen molar-refractivity contribution >= 4 is 0 Å². The number of aromatic amines is 1. The van der Waals surface area contributed by atoms with Crippen molar-refractivity contribution in [2.75, 3.05) is 0 Å². The zero-order valence-corrected chi connectivity index (χ0v) is 8.86. The number of nitrogens with zero attached hydrogens (tertiary/aromatic N) is 2. The van der Waals surface area contributed by atoms with Gasteiger partial charge in [0.2, 0.25) is 0 Å². The third-order valence-corrected chi connectivity index (χ3v) is 2.32. The molecule has 0 saturated heterocycles. The largest absolute Gasteiger partial charge is 0.322 e. The Labute approximate surface area is 88.5 Å². The maximum absolute atomic E-state index is 5.71. The molecule has 1 heterocycles. The van der Waals surface area contributed by atoms with Crippen molar-refractivity contribution in [2.45, 2.75) is 19.9 Å². The van der Waals surface area contributed by atoms with E-state index in [1.165, 1.54) is 0 Å². The lowest BCUT2D eigenvalue weighted by Gasteiger charge is -1.99. The minimum atomic E-state index is -0.115. The first-order valence-electron chi connectivity index (χ1n) is 4.92. The first-order valence-corrected chi connectivity index (χ1v) is 4.92. The van der Waals surface area contributed by atoms with Crippen molar-refractivity contribution in [3.05, 3.63) is 35.7 Å². The number of nitrogens with one attached hydrogen (secondary N) is 1. The lowest BCUT2D eigenvalue weighted by atomic mass is 10.1. The maximum atomic E-state index is 5.71. The smallest absolute Gasteiger partial charge is 0.181 e. The number of aromatic nitrogens is 3. The summed E-state index contributed by atoms with van der Waals surface area (Å²) in [6.45, 7) is 3.92. The average Bonchev–Trinajstić information content (AvgIpc) is 2.67. The van der Waals surface area contributed by atoms with Crippen molar-refractivity contribution in [1.29, 1.82) is 0 Å². The van der Waals surface area contributed by atoms with Gasteiger partial charge in [-0.2, -0.15) is 5.10 Å². The SMILES string of the molecule is Cc1ccccc1-c1n[nH]c([C@@H](C)N)n1. The molecular formula is C11H14N4. The Morgan fingerprint density at radius 2 is 2.07 bits per heavy atom. The van der Waals surface area contributed by atoms with Crippen LogP contribution in [0.5, 0.6) is 0 Å². The van der Waals surface area contributed by atoms with E-state index in [0.717, 1.165) is 11.1 Å². The predicted molar refractivity (Wildman–Crippen MR) is 59.2 cm³/mol. The summed E-state index contributed by atoms with van der Waals surface area (Å²) in [4.78, 5) is 4.35. The Morgan fingerprint density at radius 3 is 2.67 bits per heavy atom. The second kappa shape index (κ2) is 3.82. The van der Waals surface area contributed by atoms with Gasteiger partial charge in [0.15, 0.2) is 5.82 Å². The van der Waals surface area contributed by atoms with Crippen LogP contribution < -0.4 is 5.73 Å². The number of aryl methyl sites for hydroxylation is 1. The molecule has 3 N–H and O–H groups in total. The van der Waals surface area contributed by atoms with E-state index in [-0.39, 0.29) is 6.04 Å². The Bertz CT molecular complexity index is 459. The molecule has 4 nitrogen and oxygen atoms in total. The lowest BCUT2D eigenvalue weighted by molar-refractivity contribution is 0.745. The molecule has 2 aromatic rings. The maximum Gasteiger partial charge on any atom is 0.181 e. The Balaban J connectivity index is 2.42. The second-order valence-electron chi connectivity index (χ2n) is 3.65. The topological polar surface area (TPSA) is 67.6 Å². The minimum absolute atomic E-state index is 0.115. The number of H-pyrrole nitrogens is 1. The fraction of sp³-hybridized carbons (Fsp3) is 0.273. The monoisotopic (exact) mass is 202 g/mol. The number of rotatable bonds is 2. The zero-order chi connectivity index (χ0) is 10.8. The molecule has 0 amide bonds. The lowest BCUT2D eigenvalue weighted by Crippen LogP contribution is -2.06. The van der Waals surface area contributed by atoms with E-state index >= 15 is 0 Å². The van der Waals surface area contributed by atoms with E-state index in [1.807, 2.05) is 38.1 Å². The van der Waals surface area contributed by atoms with Gasteiger partial charge in [-0.15, -0.1) is 0 Å². The molecule has 0 bridgehead atoms. The van der Waals surface area contributed by atoms with Gasteiger partial charge in [0.25, 0.3) is 0 Å². The molecular weight excluding hydrogens is 188 g/mol. The molecule has 78 valence electrons. The summed E-state index contributed by atoms with van der Waals surface area (Å²) in [6, 6.07) is 7.90. The van der Waals surface area contributed by atoms with Gasteiger partial charge in [0.1, 0.15) is 5.82 Å². The highest BCUT2D eigenvalue weighted by atomic mass is 15.2. The first-order chi connectivity index (χ1) is 7.18. The van der Waals surface area contributed by atoms with Crippen LogP contribution in [0.1, 0.15) is 24.4 Å². The molecule has 0 fully saturated rings.